The van der Waals surface area contributed by atoms with Gasteiger partial charge in [0.1, 0.15) is 0 Å². The Morgan fingerprint density at radius 1 is 0.522 bits per heavy atom. The molecule has 2 aromatic heterocycles. The van der Waals surface area contributed by atoms with E-state index in [0.29, 0.717) is 81.7 Å². The molecule has 0 aliphatic rings. The van der Waals surface area contributed by atoms with Gasteiger partial charge in [-0.15, -0.1) is 0 Å². The number of amides is 5. The Kier molecular flexibility index (Phi) is 35.1. The summed E-state index contributed by atoms with van der Waals surface area (Å²) in [4.78, 5) is 81.7. The van der Waals surface area contributed by atoms with Crippen LogP contribution in [-0.4, -0.2) is 164 Å². The standard InChI is InChI=1S/C41H59Br4N13O11/c42-23-33-17-29(18-34(24-43)54-33)39(61)50-27-31(28-51-40(62)30-19-35(25-44)55-36(20-30)26-45)41(63)56-32(21-37(59)48-1-5-64-9-13-68-15-11-66-7-3-52-57-46)22-38(60)49-2-6-65-10-14-69-16-12-67-8-4-53-58-47/h17-20,31-32H,1-16,21-28H2,(H,48,59)(H,49,60)(H,50,61)(H,51,62)(H,56,63). The van der Waals surface area contributed by atoms with Crippen molar-refractivity contribution >= 4 is 93.3 Å². The Morgan fingerprint density at radius 2 is 0.855 bits per heavy atom. The van der Waals surface area contributed by atoms with Crippen LogP contribution in [0.4, 0.5) is 0 Å². The molecule has 0 atom stereocenters. The number of nitrogens with one attached hydrogen (secondary N) is 5. The van der Waals surface area contributed by atoms with Crippen LogP contribution in [0.5, 0.6) is 0 Å². The van der Waals surface area contributed by atoms with E-state index < -0.39 is 41.5 Å². The first kappa shape index (κ1) is 61.1. The Labute approximate surface area is 433 Å². The summed E-state index contributed by atoms with van der Waals surface area (Å²) in [6, 6.07) is 5.47. The van der Waals surface area contributed by atoms with E-state index in [1.807, 2.05) is 0 Å². The fourth-order valence-corrected chi connectivity index (χ4v) is 6.87. The number of pyridine rings is 2. The number of azide groups is 2. The maximum Gasteiger partial charge on any atom is 0.251 e. The summed E-state index contributed by atoms with van der Waals surface area (Å²) in [5, 5.41) is 22.2. The van der Waals surface area contributed by atoms with Crippen molar-refractivity contribution in [1.29, 1.82) is 0 Å². The van der Waals surface area contributed by atoms with Gasteiger partial charge in [0.05, 0.1) is 108 Å². The summed E-state index contributed by atoms with van der Waals surface area (Å²) < 4.78 is 32.5. The van der Waals surface area contributed by atoms with Gasteiger partial charge in [0.25, 0.3) is 11.8 Å². The fourth-order valence-electron chi connectivity index (χ4n) is 5.72. The van der Waals surface area contributed by atoms with Gasteiger partial charge in [-0.05, 0) is 35.3 Å². The molecule has 24 nitrogen and oxygen atoms in total. The summed E-state index contributed by atoms with van der Waals surface area (Å²) in [6.45, 7) is 3.54. The lowest BCUT2D eigenvalue weighted by Gasteiger charge is -2.23. The quantitative estimate of drug-likeness (QED) is 0.0207. The molecule has 2 aromatic rings. The zero-order valence-corrected chi connectivity index (χ0v) is 44.4. The van der Waals surface area contributed by atoms with E-state index in [1.54, 1.807) is 24.3 Å². The van der Waals surface area contributed by atoms with Gasteiger partial charge in [-0.3, -0.25) is 33.9 Å². The van der Waals surface area contributed by atoms with Gasteiger partial charge < -0.3 is 55.0 Å². The number of alkyl halides is 4. The normalized spacial score (nSPS) is 11.3. The SMILES string of the molecule is [N-]=[N+]=NCCOCCOCCOCCNC(=O)CC(CC(=O)NCCOCCOCCOCCN=[N+]=[N-])NC(=O)C(CNC(=O)c1cc(CBr)nc(CBr)c1)CNC(=O)c1cc(CBr)nc(CBr)c1. The molecule has 0 radical (unpaired) electrons. The second-order valence-corrected chi connectivity index (χ2v) is 16.5. The molecular weight excluding hydrogens is 1170 g/mol. The molecule has 0 aliphatic heterocycles. The third kappa shape index (κ3) is 29.0. The third-order valence-corrected chi connectivity index (χ3v) is 11.3. The van der Waals surface area contributed by atoms with Gasteiger partial charge in [0, 0.05) is 100 Å². The van der Waals surface area contributed by atoms with Gasteiger partial charge >= 0.3 is 0 Å². The number of carbonyl (C=O) groups excluding carboxylic acids is 5. The first-order valence-corrected chi connectivity index (χ1v) is 26.2. The maximum absolute atomic E-state index is 14.2. The molecule has 0 unspecified atom stereocenters. The van der Waals surface area contributed by atoms with E-state index in [0.717, 1.165) is 0 Å². The molecule has 0 saturated carbocycles. The smallest absolute Gasteiger partial charge is 0.251 e. The predicted octanol–water partition coefficient (Wildman–Crippen LogP) is 4.05. The summed E-state index contributed by atoms with van der Waals surface area (Å²) in [6.07, 6.45) is -0.584. The number of carbonyl (C=O) groups is 5. The number of hydrogen-bond donors (Lipinski definition) is 5. The lowest BCUT2D eigenvalue weighted by atomic mass is 10.0. The molecule has 2 heterocycles. The Morgan fingerprint density at radius 3 is 1.19 bits per heavy atom. The average Bonchev–Trinajstić information content (AvgIpc) is 3.35. The highest BCUT2D eigenvalue weighted by Gasteiger charge is 2.27. The lowest BCUT2D eigenvalue weighted by molar-refractivity contribution is -0.127. The predicted molar refractivity (Wildman–Crippen MR) is 267 cm³/mol. The van der Waals surface area contributed by atoms with Crippen LogP contribution in [0.2, 0.25) is 0 Å². The molecule has 5 N–H and O–H groups in total. The van der Waals surface area contributed by atoms with Crippen LogP contribution in [0.25, 0.3) is 20.9 Å². The van der Waals surface area contributed by atoms with Crippen molar-refractivity contribution in [2.75, 3.05) is 119 Å². The first-order chi connectivity index (χ1) is 33.6. The van der Waals surface area contributed by atoms with Crippen LogP contribution in [0, 0.1) is 5.92 Å². The monoisotopic (exact) mass is 1230 g/mol. The number of nitrogens with zero attached hydrogens (tertiary/aromatic N) is 8. The van der Waals surface area contributed by atoms with Crippen molar-refractivity contribution < 1.29 is 52.4 Å². The first-order valence-electron chi connectivity index (χ1n) is 21.7. The van der Waals surface area contributed by atoms with Crippen molar-refractivity contribution in [2.45, 2.75) is 40.2 Å². The van der Waals surface area contributed by atoms with Crippen molar-refractivity contribution in [2.24, 2.45) is 16.1 Å². The van der Waals surface area contributed by atoms with Gasteiger partial charge in [-0.1, -0.05) is 73.9 Å². The Bertz CT molecular complexity index is 1800. The third-order valence-electron chi connectivity index (χ3n) is 8.96. The Balaban J connectivity index is 2.11. The molecule has 0 aliphatic carbocycles. The minimum Gasteiger partial charge on any atom is -0.379 e. The molecule has 69 heavy (non-hydrogen) atoms. The number of halogens is 4. The molecule has 0 saturated heterocycles. The van der Waals surface area contributed by atoms with E-state index in [1.165, 1.54) is 0 Å². The average molecular weight is 1230 g/mol. The minimum atomic E-state index is -1.06. The van der Waals surface area contributed by atoms with Gasteiger partial charge in [-0.2, -0.15) is 0 Å². The molecule has 0 bridgehead atoms. The largest absolute Gasteiger partial charge is 0.379 e. The molecule has 0 aromatic carbocycles. The van der Waals surface area contributed by atoms with E-state index >= 15 is 0 Å². The van der Waals surface area contributed by atoms with Gasteiger partial charge in [0.15, 0.2) is 0 Å². The fraction of sp³-hybridized carbons (Fsp3) is 0.634. The lowest BCUT2D eigenvalue weighted by Crippen LogP contribution is -2.49. The maximum atomic E-state index is 14.2. The van der Waals surface area contributed by atoms with Crippen molar-refractivity contribution in [3.05, 3.63) is 79.1 Å². The second-order valence-electron chi connectivity index (χ2n) is 14.2. The highest BCUT2D eigenvalue weighted by molar-refractivity contribution is 9.09. The zero-order valence-electron chi connectivity index (χ0n) is 38.0. The number of aromatic nitrogens is 2. The van der Waals surface area contributed by atoms with Crippen molar-refractivity contribution in [1.82, 2.24) is 36.6 Å². The van der Waals surface area contributed by atoms with E-state index in [-0.39, 0.29) is 105 Å². The van der Waals surface area contributed by atoms with Crippen LogP contribution in [0.1, 0.15) is 56.3 Å². The molecule has 28 heteroatoms. The van der Waals surface area contributed by atoms with E-state index in [4.69, 9.17) is 39.5 Å². The second kappa shape index (κ2) is 39.6. The topological polar surface area (TPSA) is 324 Å². The van der Waals surface area contributed by atoms with Gasteiger partial charge in [0.2, 0.25) is 17.7 Å². The van der Waals surface area contributed by atoms with Crippen LogP contribution in [-0.2, 0) is 64.1 Å². The highest BCUT2D eigenvalue weighted by Crippen LogP contribution is 2.14. The Hall–Kier alpha value is -4.05. The summed E-state index contributed by atoms with van der Waals surface area (Å²) >= 11 is 13.5. The van der Waals surface area contributed by atoms with Crippen molar-refractivity contribution in [3.8, 4) is 0 Å². The molecule has 2 rings (SSSR count). The highest BCUT2D eigenvalue weighted by atomic mass is 79.9. The summed E-state index contributed by atoms with van der Waals surface area (Å²) in [5.74, 6) is -3.61. The van der Waals surface area contributed by atoms with E-state index in [2.05, 4.69) is 120 Å². The van der Waals surface area contributed by atoms with Crippen LogP contribution < -0.4 is 26.6 Å². The number of rotatable bonds is 40. The van der Waals surface area contributed by atoms with Gasteiger partial charge in [-0.25, -0.2) is 0 Å². The number of hydrogen-bond acceptors (Lipinski definition) is 15. The number of ether oxygens (including phenoxy) is 6. The molecule has 0 spiro atoms. The zero-order chi connectivity index (χ0) is 50.3. The molecule has 5 amide bonds. The minimum absolute atomic E-state index is 0.131. The molecular formula is C41H59Br4N13O11. The van der Waals surface area contributed by atoms with Crippen LogP contribution >= 0.6 is 63.7 Å². The van der Waals surface area contributed by atoms with E-state index in [9.17, 15) is 24.0 Å². The summed E-state index contributed by atoms with van der Waals surface area (Å²) in [7, 11) is 0. The molecule has 382 valence electrons. The molecule has 0 fully saturated rings. The van der Waals surface area contributed by atoms with Crippen LogP contribution in [0.15, 0.2) is 34.5 Å². The van der Waals surface area contributed by atoms with Crippen molar-refractivity contribution in [3.63, 3.8) is 0 Å². The summed E-state index contributed by atoms with van der Waals surface area (Å²) in [5.41, 5.74) is 19.7. The van der Waals surface area contributed by atoms with Crippen LogP contribution in [0.3, 0.4) is 0 Å².